The quantitative estimate of drug-likeness (QED) is 0.479. The molecule has 0 aliphatic heterocycles. The standard InChI is InChI=1S/C7H14N2O2/c1-4-6(9-11-3)7(10)8-5-2/h4-5H2,1-3H3,(H,8,10)/b9-6+. The maximum absolute atomic E-state index is 11.0. The minimum absolute atomic E-state index is 0.156. The first-order chi connectivity index (χ1) is 5.26. The highest BCUT2D eigenvalue weighted by Gasteiger charge is 2.07. The van der Waals surface area contributed by atoms with Crippen molar-refractivity contribution in [2.24, 2.45) is 5.16 Å². The molecule has 0 fully saturated rings. The van der Waals surface area contributed by atoms with Crippen LogP contribution in [0.3, 0.4) is 0 Å². The fourth-order valence-corrected chi connectivity index (χ4v) is 0.639. The first-order valence-corrected chi connectivity index (χ1v) is 3.64. The van der Waals surface area contributed by atoms with Crippen LogP contribution < -0.4 is 5.32 Å². The number of carbonyl (C=O) groups excluding carboxylic acids is 1. The zero-order valence-electron chi connectivity index (χ0n) is 7.18. The third-order valence-electron chi connectivity index (χ3n) is 1.14. The third kappa shape index (κ3) is 3.60. The Morgan fingerprint density at radius 3 is 2.55 bits per heavy atom. The van der Waals surface area contributed by atoms with Crippen molar-refractivity contribution in [3.05, 3.63) is 0 Å². The number of oxime groups is 1. The average molecular weight is 158 g/mol. The van der Waals surface area contributed by atoms with Gasteiger partial charge in [-0.15, -0.1) is 0 Å². The molecule has 0 atom stereocenters. The van der Waals surface area contributed by atoms with Gasteiger partial charge in [0.15, 0.2) is 0 Å². The summed E-state index contributed by atoms with van der Waals surface area (Å²) in [6, 6.07) is 0. The number of carbonyl (C=O) groups is 1. The largest absolute Gasteiger partial charge is 0.399 e. The molecule has 0 unspecified atom stereocenters. The Morgan fingerprint density at radius 2 is 2.18 bits per heavy atom. The average Bonchev–Trinajstić information content (AvgIpc) is 2.00. The normalized spacial score (nSPS) is 11.0. The van der Waals surface area contributed by atoms with Crippen LogP contribution in [0.4, 0.5) is 0 Å². The molecule has 0 bridgehead atoms. The van der Waals surface area contributed by atoms with Gasteiger partial charge in [-0.3, -0.25) is 4.79 Å². The second kappa shape index (κ2) is 5.70. The van der Waals surface area contributed by atoms with E-state index in [4.69, 9.17) is 0 Å². The molecule has 4 heteroatoms. The molecule has 64 valence electrons. The van der Waals surface area contributed by atoms with Crippen molar-refractivity contribution in [3.63, 3.8) is 0 Å². The van der Waals surface area contributed by atoms with E-state index >= 15 is 0 Å². The summed E-state index contributed by atoms with van der Waals surface area (Å²) in [6.07, 6.45) is 0.583. The Labute approximate surface area is 66.6 Å². The number of hydrogen-bond acceptors (Lipinski definition) is 3. The van der Waals surface area contributed by atoms with Gasteiger partial charge in [0, 0.05) is 6.54 Å². The van der Waals surface area contributed by atoms with E-state index in [0.29, 0.717) is 18.7 Å². The number of hydrogen-bond donors (Lipinski definition) is 1. The van der Waals surface area contributed by atoms with Gasteiger partial charge in [-0.05, 0) is 13.3 Å². The lowest BCUT2D eigenvalue weighted by atomic mass is 10.3. The van der Waals surface area contributed by atoms with Gasteiger partial charge in [0.25, 0.3) is 5.91 Å². The Hall–Kier alpha value is -1.06. The molecule has 0 aromatic heterocycles. The van der Waals surface area contributed by atoms with Crippen molar-refractivity contribution in [1.29, 1.82) is 0 Å². The molecular weight excluding hydrogens is 144 g/mol. The van der Waals surface area contributed by atoms with Gasteiger partial charge in [-0.25, -0.2) is 0 Å². The number of nitrogens with zero attached hydrogens (tertiary/aromatic N) is 1. The van der Waals surface area contributed by atoms with Crippen molar-refractivity contribution in [1.82, 2.24) is 5.32 Å². The molecule has 0 aromatic rings. The Bertz CT molecular complexity index is 155. The van der Waals surface area contributed by atoms with Gasteiger partial charge in [-0.1, -0.05) is 12.1 Å². The molecule has 0 aliphatic rings. The minimum Gasteiger partial charge on any atom is -0.399 e. The van der Waals surface area contributed by atoms with Crippen molar-refractivity contribution in [3.8, 4) is 0 Å². The van der Waals surface area contributed by atoms with Gasteiger partial charge in [0.1, 0.15) is 12.8 Å². The second-order valence-corrected chi connectivity index (χ2v) is 1.93. The predicted octanol–water partition coefficient (Wildman–Crippen LogP) is 0.535. The predicted molar refractivity (Wildman–Crippen MR) is 43.4 cm³/mol. The van der Waals surface area contributed by atoms with Crippen molar-refractivity contribution >= 4 is 11.6 Å². The van der Waals surface area contributed by atoms with E-state index in [2.05, 4.69) is 15.3 Å². The Kier molecular flexibility index (Phi) is 5.15. The van der Waals surface area contributed by atoms with Gasteiger partial charge >= 0.3 is 0 Å². The molecule has 0 heterocycles. The second-order valence-electron chi connectivity index (χ2n) is 1.93. The molecule has 4 nitrogen and oxygen atoms in total. The maximum Gasteiger partial charge on any atom is 0.269 e. The topological polar surface area (TPSA) is 50.7 Å². The summed E-state index contributed by atoms with van der Waals surface area (Å²) >= 11 is 0. The molecule has 1 N–H and O–H groups in total. The van der Waals surface area contributed by atoms with Gasteiger partial charge < -0.3 is 10.2 Å². The minimum atomic E-state index is -0.156. The van der Waals surface area contributed by atoms with Crippen LogP contribution >= 0.6 is 0 Å². The van der Waals surface area contributed by atoms with Crippen molar-refractivity contribution in [2.45, 2.75) is 20.3 Å². The van der Waals surface area contributed by atoms with Crippen molar-refractivity contribution in [2.75, 3.05) is 13.7 Å². The van der Waals surface area contributed by atoms with E-state index in [1.54, 1.807) is 0 Å². The zero-order chi connectivity index (χ0) is 8.69. The number of amides is 1. The first kappa shape index (κ1) is 9.94. The summed E-state index contributed by atoms with van der Waals surface area (Å²) in [7, 11) is 1.43. The molecule has 0 radical (unpaired) electrons. The van der Waals surface area contributed by atoms with Crippen LogP contribution in [-0.2, 0) is 9.63 Å². The van der Waals surface area contributed by atoms with E-state index in [0.717, 1.165) is 0 Å². The Balaban J connectivity index is 4.03. The smallest absolute Gasteiger partial charge is 0.269 e. The number of rotatable bonds is 4. The maximum atomic E-state index is 11.0. The SMILES string of the molecule is CCNC(=O)/C(CC)=N/OC. The van der Waals surface area contributed by atoms with Crippen LogP contribution in [0.25, 0.3) is 0 Å². The van der Waals surface area contributed by atoms with Gasteiger partial charge in [0.2, 0.25) is 0 Å². The van der Waals surface area contributed by atoms with Crippen LogP contribution in [0.2, 0.25) is 0 Å². The fraction of sp³-hybridized carbons (Fsp3) is 0.714. The van der Waals surface area contributed by atoms with E-state index in [-0.39, 0.29) is 5.91 Å². The monoisotopic (exact) mass is 158 g/mol. The zero-order valence-corrected chi connectivity index (χ0v) is 7.18. The lowest BCUT2D eigenvalue weighted by Crippen LogP contribution is -2.30. The molecule has 0 saturated carbocycles. The molecule has 0 aromatic carbocycles. The third-order valence-corrected chi connectivity index (χ3v) is 1.14. The van der Waals surface area contributed by atoms with Crippen molar-refractivity contribution < 1.29 is 9.63 Å². The van der Waals surface area contributed by atoms with Gasteiger partial charge in [-0.2, -0.15) is 0 Å². The summed E-state index contributed by atoms with van der Waals surface area (Å²) in [5.41, 5.74) is 0.425. The van der Waals surface area contributed by atoms with Crippen LogP contribution in [0.15, 0.2) is 5.16 Å². The van der Waals surface area contributed by atoms with E-state index < -0.39 is 0 Å². The summed E-state index contributed by atoms with van der Waals surface area (Å²) in [6.45, 7) is 4.33. The molecule has 1 amide bonds. The summed E-state index contributed by atoms with van der Waals surface area (Å²) in [4.78, 5) is 15.5. The van der Waals surface area contributed by atoms with E-state index in [1.807, 2.05) is 13.8 Å². The van der Waals surface area contributed by atoms with Crippen LogP contribution in [0.1, 0.15) is 20.3 Å². The van der Waals surface area contributed by atoms with Gasteiger partial charge in [0.05, 0.1) is 0 Å². The summed E-state index contributed by atoms with van der Waals surface area (Å²) < 4.78 is 0. The highest BCUT2D eigenvalue weighted by molar-refractivity contribution is 6.38. The number of nitrogens with one attached hydrogen (secondary N) is 1. The van der Waals surface area contributed by atoms with Crippen LogP contribution in [0, 0.1) is 0 Å². The molecule has 0 saturated heterocycles. The van der Waals surface area contributed by atoms with Crippen LogP contribution in [-0.4, -0.2) is 25.3 Å². The highest BCUT2D eigenvalue weighted by Crippen LogP contribution is 1.86. The van der Waals surface area contributed by atoms with E-state index in [1.165, 1.54) is 7.11 Å². The molecular formula is C7H14N2O2. The summed E-state index contributed by atoms with van der Waals surface area (Å²) in [5, 5.41) is 6.20. The lowest BCUT2D eigenvalue weighted by Gasteiger charge is -2.01. The highest BCUT2D eigenvalue weighted by atomic mass is 16.6. The lowest BCUT2D eigenvalue weighted by molar-refractivity contribution is -0.115. The molecule has 0 rings (SSSR count). The fourth-order valence-electron chi connectivity index (χ4n) is 0.639. The summed E-state index contributed by atoms with van der Waals surface area (Å²) in [5.74, 6) is -0.156. The van der Waals surface area contributed by atoms with Crippen LogP contribution in [0.5, 0.6) is 0 Å². The molecule has 0 spiro atoms. The van der Waals surface area contributed by atoms with E-state index in [9.17, 15) is 4.79 Å². The Morgan fingerprint density at radius 1 is 1.55 bits per heavy atom. The first-order valence-electron chi connectivity index (χ1n) is 3.64. The molecule has 0 aliphatic carbocycles. The molecule has 11 heavy (non-hydrogen) atoms.